The number of fused-ring (bicyclic) bond motifs is 1. The highest BCUT2D eigenvalue weighted by Gasteiger charge is 2.31. The number of tetrazole rings is 1. The van der Waals surface area contributed by atoms with Gasteiger partial charge in [0.1, 0.15) is 0 Å². The lowest BCUT2D eigenvalue weighted by atomic mass is 10.0. The Morgan fingerprint density at radius 3 is 2.45 bits per heavy atom. The number of rotatable bonds is 7. The maximum absolute atomic E-state index is 4.87. The molecule has 7 nitrogen and oxygen atoms in total. The molecule has 4 aromatic rings. The van der Waals surface area contributed by atoms with E-state index in [1.807, 2.05) is 4.68 Å². The second-order valence-electron chi connectivity index (χ2n) is 9.24. The first kappa shape index (κ1) is 22.0. The second kappa shape index (κ2) is 9.57. The lowest BCUT2D eigenvalue weighted by Gasteiger charge is -2.38. The van der Waals surface area contributed by atoms with Gasteiger partial charge in [0, 0.05) is 32.7 Å². The molecule has 2 aromatic heterocycles. The van der Waals surface area contributed by atoms with E-state index in [-0.39, 0.29) is 6.04 Å². The summed E-state index contributed by atoms with van der Waals surface area (Å²) in [5.41, 5.74) is 3.59. The number of hydrogen-bond donors (Lipinski definition) is 0. The minimum atomic E-state index is 0.0466. The number of aryl methyl sites for hydroxylation is 2. The van der Waals surface area contributed by atoms with Crippen molar-refractivity contribution in [3.63, 3.8) is 0 Å². The highest BCUT2D eigenvalue weighted by Crippen LogP contribution is 2.32. The molecule has 3 heterocycles. The summed E-state index contributed by atoms with van der Waals surface area (Å²) in [6.45, 7) is 11.2. The van der Waals surface area contributed by atoms with Crippen LogP contribution in [0.15, 0.2) is 48.5 Å². The number of thiazole rings is 1. The predicted octanol–water partition coefficient (Wildman–Crippen LogP) is 4.55. The summed E-state index contributed by atoms with van der Waals surface area (Å²) in [6.07, 6.45) is 1.06. The van der Waals surface area contributed by atoms with Crippen LogP contribution in [0.4, 0.5) is 5.13 Å². The molecule has 0 radical (unpaired) electrons. The van der Waals surface area contributed by atoms with E-state index in [9.17, 15) is 0 Å². The van der Waals surface area contributed by atoms with Crippen molar-refractivity contribution < 1.29 is 0 Å². The number of nitrogens with zero attached hydrogens (tertiary/aromatic N) is 7. The molecule has 1 aliphatic rings. The summed E-state index contributed by atoms with van der Waals surface area (Å²) in [7, 11) is 0. The van der Waals surface area contributed by atoms with Crippen LogP contribution < -0.4 is 4.90 Å². The van der Waals surface area contributed by atoms with Gasteiger partial charge in [-0.25, -0.2) is 9.67 Å². The van der Waals surface area contributed by atoms with E-state index in [1.54, 1.807) is 11.3 Å². The van der Waals surface area contributed by atoms with Crippen molar-refractivity contribution in [3.05, 3.63) is 65.5 Å². The van der Waals surface area contributed by atoms with Crippen LogP contribution in [0.25, 0.3) is 10.2 Å². The number of benzene rings is 2. The molecular weight excluding hydrogens is 430 g/mol. The molecule has 0 saturated carbocycles. The zero-order valence-electron chi connectivity index (χ0n) is 19.6. The molecule has 0 bridgehead atoms. The molecule has 1 fully saturated rings. The molecule has 172 valence electrons. The van der Waals surface area contributed by atoms with Crippen molar-refractivity contribution in [2.75, 3.05) is 31.1 Å². The van der Waals surface area contributed by atoms with Gasteiger partial charge in [0.25, 0.3) is 0 Å². The maximum atomic E-state index is 4.87. The van der Waals surface area contributed by atoms with Crippen LogP contribution >= 0.6 is 11.3 Å². The minimum Gasteiger partial charge on any atom is -0.345 e. The second-order valence-corrected chi connectivity index (χ2v) is 10.3. The first-order valence-electron chi connectivity index (χ1n) is 11.8. The quantitative estimate of drug-likeness (QED) is 0.402. The van der Waals surface area contributed by atoms with Crippen molar-refractivity contribution >= 4 is 26.7 Å². The van der Waals surface area contributed by atoms with Crippen LogP contribution in [0.3, 0.4) is 0 Å². The van der Waals surface area contributed by atoms with Crippen molar-refractivity contribution in [1.29, 1.82) is 0 Å². The van der Waals surface area contributed by atoms with Crippen LogP contribution in [0, 0.1) is 12.8 Å². The molecule has 0 aliphatic carbocycles. The molecular formula is C25H31N7S. The van der Waals surface area contributed by atoms with Gasteiger partial charge in [0.05, 0.1) is 16.3 Å². The van der Waals surface area contributed by atoms with Gasteiger partial charge in [-0.1, -0.05) is 67.1 Å². The summed E-state index contributed by atoms with van der Waals surface area (Å²) in [4.78, 5) is 9.80. The summed E-state index contributed by atoms with van der Waals surface area (Å²) >= 11 is 1.78. The molecule has 33 heavy (non-hydrogen) atoms. The summed E-state index contributed by atoms with van der Waals surface area (Å²) in [6, 6.07) is 17.2. The van der Waals surface area contributed by atoms with Gasteiger partial charge in [-0.05, 0) is 47.4 Å². The zero-order valence-corrected chi connectivity index (χ0v) is 20.4. The Labute approximate surface area is 199 Å². The Balaban J connectivity index is 1.38. The van der Waals surface area contributed by atoms with Crippen LogP contribution in [-0.4, -0.2) is 56.3 Å². The van der Waals surface area contributed by atoms with E-state index in [4.69, 9.17) is 4.98 Å². The third-order valence-corrected chi connectivity index (χ3v) is 7.45. The van der Waals surface area contributed by atoms with Crippen LogP contribution in [0.5, 0.6) is 0 Å². The largest absolute Gasteiger partial charge is 0.345 e. The molecule has 8 heteroatoms. The van der Waals surface area contributed by atoms with Crippen LogP contribution in [0.1, 0.15) is 43.3 Å². The van der Waals surface area contributed by atoms with Crippen molar-refractivity contribution in [3.8, 4) is 0 Å². The van der Waals surface area contributed by atoms with Gasteiger partial charge in [-0.2, -0.15) is 0 Å². The van der Waals surface area contributed by atoms with Gasteiger partial charge in [-0.15, -0.1) is 5.10 Å². The minimum absolute atomic E-state index is 0.0466. The molecule has 2 aromatic carbocycles. The zero-order chi connectivity index (χ0) is 22.8. The molecule has 0 amide bonds. The van der Waals surface area contributed by atoms with Crippen LogP contribution in [-0.2, 0) is 6.54 Å². The topological polar surface area (TPSA) is 63.0 Å². The number of piperazine rings is 1. The summed E-state index contributed by atoms with van der Waals surface area (Å²) in [5.74, 6) is 1.55. The van der Waals surface area contributed by atoms with Crippen molar-refractivity contribution in [1.82, 2.24) is 30.1 Å². The molecule has 5 rings (SSSR count). The van der Waals surface area contributed by atoms with E-state index < -0.39 is 0 Å². The maximum Gasteiger partial charge on any atom is 0.186 e. The van der Waals surface area contributed by atoms with Gasteiger partial charge in [0.15, 0.2) is 11.0 Å². The van der Waals surface area contributed by atoms with E-state index in [0.29, 0.717) is 5.92 Å². The molecule has 0 spiro atoms. The lowest BCUT2D eigenvalue weighted by Crippen LogP contribution is -2.48. The Kier molecular flexibility index (Phi) is 6.37. The van der Waals surface area contributed by atoms with E-state index in [0.717, 1.165) is 55.6 Å². The Morgan fingerprint density at radius 2 is 1.73 bits per heavy atom. The SMILES string of the molecule is Cc1ccc([C@@H](c2nnnn2CCC(C)C)N2CCN(c3nc4ccccc4s3)CC2)cc1. The average Bonchev–Trinajstić information content (AvgIpc) is 3.47. The van der Waals surface area contributed by atoms with Gasteiger partial charge in [-0.3, -0.25) is 4.90 Å². The molecule has 1 aliphatic heterocycles. The Bertz CT molecular complexity index is 1160. The molecule has 0 N–H and O–H groups in total. The lowest BCUT2D eigenvalue weighted by molar-refractivity contribution is 0.200. The number of para-hydroxylation sites is 1. The Hall–Kier alpha value is -2.84. The number of anilines is 1. The molecule has 0 unspecified atom stereocenters. The highest BCUT2D eigenvalue weighted by molar-refractivity contribution is 7.22. The van der Waals surface area contributed by atoms with Gasteiger partial charge in [0.2, 0.25) is 0 Å². The predicted molar refractivity (Wildman–Crippen MR) is 134 cm³/mol. The van der Waals surface area contributed by atoms with Crippen molar-refractivity contribution in [2.24, 2.45) is 5.92 Å². The fourth-order valence-electron chi connectivity index (χ4n) is 4.39. The smallest absolute Gasteiger partial charge is 0.186 e. The van der Waals surface area contributed by atoms with E-state index >= 15 is 0 Å². The number of aromatic nitrogens is 5. The molecule has 1 atom stereocenters. The van der Waals surface area contributed by atoms with E-state index in [1.165, 1.54) is 15.8 Å². The van der Waals surface area contributed by atoms with Crippen molar-refractivity contribution in [2.45, 2.75) is 39.8 Å². The van der Waals surface area contributed by atoms with E-state index in [2.05, 4.69) is 94.6 Å². The normalized spacial score (nSPS) is 16.1. The fourth-order valence-corrected chi connectivity index (χ4v) is 5.40. The highest BCUT2D eigenvalue weighted by atomic mass is 32.1. The fraction of sp³-hybridized carbons (Fsp3) is 0.440. The first-order valence-corrected chi connectivity index (χ1v) is 12.6. The standard InChI is InChI=1S/C25H31N7S/c1-18(2)12-13-32-24(27-28-29-32)23(20-10-8-19(3)9-11-20)30-14-16-31(17-15-30)25-26-21-6-4-5-7-22(21)33-25/h4-11,18,23H,12-17H2,1-3H3/t23-/m0/s1. The summed E-state index contributed by atoms with van der Waals surface area (Å²) in [5, 5.41) is 14.0. The Morgan fingerprint density at radius 1 is 0.970 bits per heavy atom. The van der Waals surface area contributed by atoms with Gasteiger partial charge < -0.3 is 4.90 Å². The monoisotopic (exact) mass is 461 g/mol. The first-order chi connectivity index (χ1) is 16.1. The molecule has 1 saturated heterocycles. The number of hydrogen-bond acceptors (Lipinski definition) is 7. The summed E-state index contributed by atoms with van der Waals surface area (Å²) < 4.78 is 3.25. The third kappa shape index (κ3) is 4.77. The third-order valence-electron chi connectivity index (χ3n) is 6.35. The van der Waals surface area contributed by atoms with Gasteiger partial charge >= 0.3 is 0 Å². The van der Waals surface area contributed by atoms with Crippen LogP contribution in [0.2, 0.25) is 0 Å². The average molecular weight is 462 g/mol.